The predicted octanol–water partition coefficient (Wildman–Crippen LogP) is 5.07. The molecule has 0 aliphatic heterocycles. The molecule has 8 nitrogen and oxygen atoms in total. The Labute approximate surface area is 207 Å². The first-order valence-corrected chi connectivity index (χ1v) is 13.4. The molecule has 1 N–H and O–H groups in total. The third-order valence-corrected chi connectivity index (χ3v) is 8.03. The Balaban J connectivity index is 1.23. The molecule has 2 aliphatic rings. The summed E-state index contributed by atoms with van der Waals surface area (Å²) in [6, 6.07) is 8.11. The zero-order valence-corrected chi connectivity index (χ0v) is 20.5. The number of fused-ring (bicyclic) bond motifs is 1. The molecule has 184 valence electrons. The van der Waals surface area contributed by atoms with Crippen molar-refractivity contribution in [3.05, 3.63) is 57.0 Å². The minimum Gasteiger partial charge on any atom is -0.456 e. The molecule has 2 fully saturated rings. The van der Waals surface area contributed by atoms with E-state index in [1.165, 1.54) is 47.6 Å². The van der Waals surface area contributed by atoms with Gasteiger partial charge in [-0.2, -0.15) is 9.61 Å². The van der Waals surface area contributed by atoms with Crippen molar-refractivity contribution in [3.8, 4) is 0 Å². The number of rotatable bonds is 6. The van der Waals surface area contributed by atoms with Crippen LogP contribution in [0.15, 0.2) is 35.1 Å². The standard InChI is InChI=1S/C26H30N4O4S/c31-22-15-21(28-26-30(22)29-24(35-26)18-10-5-2-6-11-18)16-34-25(33)19-12-7-13-20(14-19)27-23(32)17-8-3-1-4-9-17/h7,12-15,17-18H,1-6,8-11,16H2,(H,27,32). The van der Waals surface area contributed by atoms with E-state index >= 15 is 0 Å². The molecule has 2 aromatic heterocycles. The zero-order chi connectivity index (χ0) is 24.2. The topological polar surface area (TPSA) is 103 Å². The first-order chi connectivity index (χ1) is 17.1. The van der Waals surface area contributed by atoms with Gasteiger partial charge in [-0.15, -0.1) is 0 Å². The second-order valence-electron chi connectivity index (χ2n) is 9.54. The summed E-state index contributed by atoms with van der Waals surface area (Å²) in [6.07, 6.45) is 11.0. The van der Waals surface area contributed by atoms with Crippen molar-refractivity contribution >= 4 is 33.9 Å². The Morgan fingerprint density at radius 3 is 2.54 bits per heavy atom. The van der Waals surface area contributed by atoms with Crippen molar-refractivity contribution in [3.63, 3.8) is 0 Å². The highest BCUT2D eigenvalue weighted by atomic mass is 32.1. The smallest absolute Gasteiger partial charge is 0.338 e. The van der Waals surface area contributed by atoms with Crippen molar-refractivity contribution in [1.82, 2.24) is 14.6 Å². The van der Waals surface area contributed by atoms with Crippen LogP contribution in [0.2, 0.25) is 0 Å². The maximum atomic E-state index is 12.7. The van der Waals surface area contributed by atoms with Gasteiger partial charge in [0.15, 0.2) is 0 Å². The summed E-state index contributed by atoms with van der Waals surface area (Å²) >= 11 is 1.44. The number of esters is 1. The SMILES string of the molecule is O=C(OCc1cc(=O)n2nc(C3CCCCC3)sc2n1)c1cccc(NC(=O)C2CCCCC2)c1. The summed E-state index contributed by atoms with van der Waals surface area (Å²) in [5.74, 6) is -0.106. The first-order valence-electron chi connectivity index (χ1n) is 12.5. The maximum Gasteiger partial charge on any atom is 0.338 e. The van der Waals surface area contributed by atoms with Crippen LogP contribution in [0.25, 0.3) is 4.96 Å². The number of benzene rings is 1. The molecule has 9 heteroatoms. The number of hydrogen-bond donors (Lipinski definition) is 1. The third kappa shape index (κ3) is 5.61. The van der Waals surface area contributed by atoms with E-state index in [1.807, 2.05) is 0 Å². The number of hydrogen-bond acceptors (Lipinski definition) is 7. The molecule has 1 amide bonds. The molecule has 0 unspecified atom stereocenters. The molecular weight excluding hydrogens is 464 g/mol. The predicted molar refractivity (Wildman–Crippen MR) is 134 cm³/mol. The normalized spacial score (nSPS) is 17.4. The molecular formula is C26H30N4O4S. The molecule has 2 heterocycles. The monoisotopic (exact) mass is 494 g/mol. The fourth-order valence-electron chi connectivity index (χ4n) is 5.02. The van der Waals surface area contributed by atoms with Crippen LogP contribution in [0.4, 0.5) is 5.69 Å². The fourth-order valence-corrected chi connectivity index (χ4v) is 6.11. The molecule has 0 saturated heterocycles. The zero-order valence-electron chi connectivity index (χ0n) is 19.7. The highest BCUT2D eigenvalue weighted by Gasteiger charge is 2.22. The van der Waals surface area contributed by atoms with Crippen molar-refractivity contribution in [2.45, 2.75) is 76.7 Å². The van der Waals surface area contributed by atoms with E-state index in [0.717, 1.165) is 43.5 Å². The van der Waals surface area contributed by atoms with Crippen LogP contribution in [0, 0.1) is 5.92 Å². The lowest BCUT2D eigenvalue weighted by molar-refractivity contribution is -0.120. The summed E-state index contributed by atoms with van der Waals surface area (Å²) in [7, 11) is 0. The Hall–Kier alpha value is -3.07. The number of anilines is 1. The number of carbonyl (C=O) groups excluding carboxylic acids is 2. The largest absolute Gasteiger partial charge is 0.456 e. The van der Waals surface area contributed by atoms with E-state index in [4.69, 9.17) is 4.74 Å². The van der Waals surface area contributed by atoms with Crippen molar-refractivity contribution in [2.75, 3.05) is 5.32 Å². The second-order valence-corrected chi connectivity index (χ2v) is 10.5. The summed E-state index contributed by atoms with van der Waals surface area (Å²) in [4.78, 5) is 42.8. The van der Waals surface area contributed by atoms with Crippen LogP contribution in [-0.4, -0.2) is 26.5 Å². The van der Waals surface area contributed by atoms with E-state index < -0.39 is 5.97 Å². The molecule has 35 heavy (non-hydrogen) atoms. The van der Waals surface area contributed by atoms with Gasteiger partial charge in [-0.05, 0) is 43.9 Å². The summed E-state index contributed by atoms with van der Waals surface area (Å²) < 4.78 is 6.79. The molecule has 2 saturated carbocycles. The minimum atomic E-state index is -0.534. The second kappa shape index (κ2) is 10.7. The van der Waals surface area contributed by atoms with Crippen LogP contribution >= 0.6 is 11.3 Å². The average Bonchev–Trinajstić information content (AvgIpc) is 3.33. The molecule has 0 bridgehead atoms. The van der Waals surface area contributed by atoms with E-state index in [2.05, 4.69) is 15.4 Å². The summed E-state index contributed by atoms with van der Waals surface area (Å²) in [6.45, 7) is -0.111. The fraction of sp³-hybridized carbons (Fsp3) is 0.500. The Morgan fingerprint density at radius 1 is 1.03 bits per heavy atom. The number of ether oxygens (including phenoxy) is 1. The van der Waals surface area contributed by atoms with E-state index in [-0.39, 0.29) is 24.0 Å². The Bertz CT molecular complexity index is 1270. The highest BCUT2D eigenvalue weighted by Crippen LogP contribution is 2.34. The number of carbonyl (C=O) groups is 2. The van der Waals surface area contributed by atoms with Gasteiger partial charge in [0.1, 0.15) is 11.6 Å². The number of aromatic nitrogens is 3. The van der Waals surface area contributed by atoms with Crippen LogP contribution < -0.4 is 10.9 Å². The van der Waals surface area contributed by atoms with Gasteiger partial charge in [-0.3, -0.25) is 9.59 Å². The van der Waals surface area contributed by atoms with E-state index in [9.17, 15) is 14.4 Å². The average molecular weight is 495 g/mol. The lowest BCUT2D eigenvalue weighted by atomic mass is 9.88. The van der Waals surface area contributed by atoms with Crippen LogP contribution in [0.5, 0.6) is 0 Å². The van der Waals surface area contributed by atoms with Crippen LogP contribution in [-0.2, 0) is 16.1 Å². The molecule has 1 aromatic carbocycles. The molecule has 0 spiro atoms. The van der Waals surface area contributed by atoms with E-state index in [1.54, 1.807) is 24.3 Å². The maximum absolute atomic E-state index is 12.7. The summed E-state index contributed by atoms with van der Waals surface area (Å²) in [5, 5.41) is 8.39. The number of amides is 1. The highest BCUT2D eigenvalue weighted by molar-refractivity contribution is 7.16. The molecule has 5 rings (SSSR count). The van der Waals surface area contributed by atoms with Gasteiger partial charge < -0.3 is 10.1 Å². The first kappa shape index (κ1) is 23.7. The number of nitrogens with zero attached hydrogens (tertiary/aromatic N) is 3. The Kier molecular flexibility index (Phi) is 7.22. The van der Waals surface area contributed by atoms with Gasteiger partial charge in [0.05, 0.1) is 11.3 Å². The van der Waals surface area contributed by atoms with Gasteiger partial charge in [0.25, 0.3) is 5.56 Å². The van der Waals surface area contributed by atoms with Gasteiger partial charge in [-0.1, -0.05) is 55.9 Å². The molecule has 2 aliphatic carbocycles. The van der Waals surface area contributed by atoms with Gasteiger partial charge in [-0.25, -0.2) is 9.78 Å². The molecule has 3 aromatic rings. The van der Waals surface area contributed by atoms with Crippen molar-refractivity contribution < 1.29 is 14.3 Å². The van der Waals surface area contributed by atoms with Crippen molar-refractivity contribution in [2.24, 2.45) is 5.92 Å². The lowest BCUT2D eigenvalue weighted by Gasteiger charge is -2.20. The molecule has 0 radical (unpaired) electrons. The summed E-state index contributed by atoms with van der Waals surface area (Å²) in [5.41, 5.74) is 1.03. The van der Waals surface area contributed by atoms with Crippen LogP contribution in [0.3, 0.4) is 0 Å². The van der Waals surface area contributed by atoms with Crippen LogP contribution in [0.1, 0.15) is 91.2 Å². The number of nitrogens with one attached hydrogen (secondary N) is 1. The van der Waals surface area contributed by atoms with Gasteiger partial charge >= 0.3 is 5.97 Å². The lowest BCUT2D eigenvalue weighted by Crippen LogP contribution is -2.24. The Morgan fingerprint density at radius 2 is 1.77 bits per heavy atom. The minimum absolute atomic E-state index is 0.00495. The third-order valence-electron chi connectivity index (χ3n) is 6.96. The quantitative estimate of drug-likeness (QED) is 0.480. The van der Waals surface area contributed by atoms with Gasteiger partial charge in [0, 0.05) is 23.6 Å². The van der Waals surface area contributed by atoms with E-state index in [0.29, 0.717) is 27.8 Å². The molecule has 0 atom stereocenters. The van der Waals surface area contributed by atoms with Crippen molar-refractivity contribution in [1.29, 1.82) is 0 Å². The van der Waals surface area contributed by atoms with Gasteiger partial charge in [0.2, 0.25) is 10.9 Å².